The van der Waals surface area contributed by atoms with Crippen molar-refractivity contribution in [1.82, 2.24) is 0 Å². The van der Waals surface area contributed by atoms with Gasteiger partial charge in [0.25, 0.3) is 0 Å². The lowest BCUT2D eigenvalue weighted by atomic mass is 10.1. The quantitative estimate of drug-likeness (QED) is 0.501. The van der Waals surface area contributed by atoms with Gasteiger partial charge in [0.1, 0.15) is 5.75 Å². The van der Waals surface area contributed by atoms with Gasteiger partial charge in [0, 0.05) is 5.33 Å². The first-order valence-electron chi connectivity index (χ1n) is 6.05. The van der Waals surface area contributed by atoms with E-state index in [1.165, 1.54) is 44.1 Å². The maximum Gasteiger partial charge on any atom is 0.118 e. The molecule has 0 spiro atoms. The Bertz CT molecular complexity index is 269. The van der Waals surface area contributed by atoms with Crippen LogP contribution in [-0.2, 0) is 6.42 Å². The Morgan fingerprint density at radius 1 is 0.938 bits per heavy atom. The molecule has 0 saturated heterocycles. The third kappa shape index (κ3) is 5.55. The Morgan fingerprint density at radius 2 is 1.56 bits per heavy atom. The summed E-state index contributed by atoms with van der Waals surface area (Å²) in [6.45, 7) is 0. The molecule has 16 heavy (non-hydrogen) atoms. The van der Waals surface area contributed by atoms with Gasteiger partial charge in [-0.15, -0.1) is 0 Å². The Labute approximate surface area is 107 Å². The lowest BCUT2D eigenvalue weighted by molar-refractivity contribution is 0.414. The summed E-state index contributed by atoms with van der Waals surface area (Å²) >= 11 is 3.46. The molecule has 0 aliphatic heterocycles. The third-order valence-electron chi connectivity index (χ3n) is 2.76. The molecule has 0 amide bonds. The van der Waals surface area contributed by atoms with E-state index < -0.39 is 0 Å². The van der Waals surface area contributed by atoms with Crippen molar-refractivity contribution in [2.24, 2.45) is 0 Å². The molecule has 0 heterocycles. The lowest BCUT2D eigenvalue weighted by Crippen LogP contribution is -1.88. The molecule has 0 N–H and O–H groups in total. The molecule has 0 aromatic heterocycles. The number of hydrogen-bond acceptors (Lipinski definition) is 1. The van der Waals surface area contributed by atoms with Crippen LogP contribution < -0.4 is 4.74 Å². The van der Waals surface area contributed by atoms with Crippen molar-refractivity contribution in [3.8, 4) is 5.75 Å². The summed E-state index contributed by atoms with van der Waals surface area (Å²) in [6.07, 6.45) is 7.87. The van der Waals surface area contributed by atoms with Crippen LogP contribution in [0.4, 0.5) is 0 Å². The number of benzene rings is 1. The van der Waals surface area contributed by atoms with Crippen molar-refractivity contribution < 1.29 is 4.74 Å². The molecule has 0 unspecified atom stereocenters. The van der Waals surface area contributed by atoms with Crippen molar-refractivity contribution in [3.05, 3.63) is 29.8 Å². The summed E-state index contributed by atoms with van der Waals surface area (Å²) < 4.78 is 5.13. The molecule has 1 aromatic rings. The van der Waals surface area contributed by atoms with Gasteiger partial charge in [-0.25, -0.2) is 0 Å². The molecule has 0 bridgehead atoms. The van der Waals surface area contributed by atoms with Crippen molar-refractivity contribution in [2.75, 3.05) is 12.4 Å². The highest BCUT2D eigenvalue weighted by molar-refractivity contribution is 9.09. The number of alkyl halides is 1. The Morgan fingerprint density at radius 3 is 2.19 bits per heavy atom. The van der Waals surface area contributed by atoms with Gasteiger partial charge in [-0.1, -0.05) is 47.3 Å². The molecule has 1 aromatic carbocycles. The maximum atomic E-state index is 5.13. The second kappa shape index (κ2) is 8.63. The number of unbranched alkanes of at least 4 members (excludes halogenated alkanes) is 4. The molecule has 1 rings (SSSR count). The topological polar surface area (TPSA) is 9.23 Å². The van der Waals surface area contributed by atoms with E-state index in [2.05, 4.69) is 28.1 Å². The zero-order chi connectivity index (χ0) is 11.6. The van der Waals surface area contributed by atoms with Crippen molar-refractivity contribution >= 4 is 15.9 Å². The van der Waals surface area contributed by atoms with E-state index in [4.69, 9.17) is 4.74 Å². The number of rotatable bonds is 8. The summed E-state index contributed by atoms with van der Waals surface area (Å²) in [4.78, 5) is 0. The smallest absolute Gasteiger partial charge is 0.118 e. The number of methoxy groups -OCH3 is 1. The SMILES string of the molecule is COc1ccc(CCCCCCCBr)cc1. The van der Waals surface area contributed by atoms with Gasteiger partial charge < -0.3 is 4.74 Å². The highest BCUT2D eigenvalue weighted by atomic mass is 79.9. The van der Waals surface area contributed by atoms with E-state index >= 15 is 0 Å². The number of hydrogen-bond donors (Lipinski definition) is 0. The first-order valence-corrected chi connectivity index (χ1v) is 7.18. The summed E-state index contributed by atoms with van der Waals surface area (Å²) in [6, 6.07) is 8.41. The van der Waals surface area contributed by atoms with Crippen LogP contribution in [0.1, 0.15) is 37.7 Å². The van der Waals surface area contributed by atoms with Gasteiger partial charge in [-0.3, -0.25) is 0 Å². The molecule has 1 nitrogen and oxygen atoms in total. The monoisotopic (exact) mass is 284 g/mol. The minimum atomic E-state index is 0.945. The summed E-state index contributed by atoms with van der Waals surface area (Å²) in [5, 5.41) is 1.14. The van der Waals surface area contributed by atoms with Crippen LogP contribution in [0, 0.1) is 0 Å². The van der Waals surface area contributed by atoms with Crippen LogP contribution in [0.15, 0.2) is 24.3 Å². The first kappa shape index (κ1) is 13.6. The summed E-state index contributed by atoms with van der Waals surface area (Å²) in [7, 11) is 1.71. The largest absolute Gasteiger partial charge is 0.497 e. The van der Waals surface area contributed by atoms with E-state index in [0.717, 1.165) is 11.1 Å². The normalized spacial score (nSPS) is 10.4. The highest BCUT2D eigenvalue weighted by Gasteiger charge is 1.95. The summed E-state index contributed by atoms with van der Waals surface area (Å²) in [5.41, 5.74) is 1.42. The Kier molecular flexibility index (Phi) is 7.32. The van der Waals surface area contributed by atoms with E-state index in [9.17, 15) is 0 Å². The molecule has 2 heteroatoms. The van der Waals surface area contributed by atoms with Gasteiger partial charge in [0.2, 0.25) is 0 Å². The Balaban J connectivity index is 2.12. The molecule has 0 radical (unpaired) electrons. The van der Waals surface area contributed by atoms with Crippen molar-refractivity contribution in [2.45, 2.75) is 38.5 Å². The molecule has 0 aliphatic carbocycles. The van der Waals surface area contributed by atoms with Crippen LogP contribution in [0.3, 0.4) is 0 Å². The van der Waals surface area contributed by atoms with Crippen LogP contribution in [0.5, 0.6) is 5.75 Å². The van der Waals surface area contributed by atoms with Crippen LogP contribution in [-0.4, -0.2) is 12.4 Å². The number of halogens is 1. The minimum absolute atomic E-state index is 0.945. The van der Waals surface area contributed by atoms with Gasteiger partial charge in [0.05, 0.1) is 7.11 Å². The maximum absolute atomic E-state index is 5.13. The van der Waals surface area contributed by atoms with E-state index in [1.54, 1.807) is 7.11 Å². The van der Waals surface area contributed by atoms with Gasteiger partial charge in [-0.2, -0.15) is 0 Å². The molecule has 0 fully saturated rings. The predicted molar refractivity (Wildman–Crippen MR) is 73.6 cm³/mol. The van der Waals surface area contributed by atoms with Crippen LogP contribution in [0.2, 0.25) is 0 Å². The zero-order valence-electron chi connectivity index (χ0n) is 10.0. The van der Waals surface area contributed by atoms with Crippen LogP contribution >= 0.6 is 15.9 Å². The fourth-order valence-electron chi connectivity index (χ4n) is 1.75. The third-order valence-corrected chi connectivity index (χ3v) is 3.32. The fraction of sp³-hybridized carbons (Fsp3) is 0.571. The standard InChI is InChI=1S/C14H21BrO/c1-16-14-10-8-13(9-11-14)7-5-3-2-4-6-12-15/h8-11H,2-7,12H2,1H3. The lowest BCUT2D eigenvalue weighted by Gasteiger charge is -2.03. The van der Waals surface area contributed by atoms with Gasteiger partial charge in [-0.05, 0) is 37.0 Å². The highest BCUT2D eigenvalue weighted by Crippen LogP contribution is 2.14. The number of aryl methyl sites for hydroxylation is 1. The molecule has 0 saturated carbocycles. The average Bonchev–Trinajstić information content (AvgIpc) is 2.34. The molecule has 90 valence electrons. The van der Waals surface area contributed by atoms with E-state index in [1.807, 2.05) is 12.1 Å². The van der Waals surface area contributed by atoms with Gasteiger partial charge >= 0.3 is 0 Å². The minimum Gasteiger partial charge on any atom is -0.497 e. The Hall–Kier alpha value is -0.500. The van der Waals surface area contributed by atoms with E-state index in [-0.39, 0.29) is 0 Å². The molecule has 0 atom stereocenters. The zero-order valence-corrected chi connectivity index (χ0v) is 11.6. The molecule has 0 aliphatic rings. The van der Waals surface area contributed by atoms with Crippen molar-refractivity contribution in [1.29, 1.82) is 0 Å². The number of ether oxygens (including phenoxy) is 1. The van der Waals surface area contributed by atoms with Crippen LogP contribution in [0.25, 0.3) is 0 Å². The van der Waals surface area contributed by atoms with Gasteiger partial charge in [0.15, 0.2) is 0 Å². The van der Waals surface area contributed by atoms with Crippen molar-refractivity contribution in [3.63, 3.8) is 0 Å². The first-order chi connectivity index (χ1) is 7.86. The average molecular weight is 285 g/mol. The summed E-state index contributed by atoms with van der Waals surface area (Å²) in [5.74, 6) is 0.945. The second-order valence-electron chi connectivity index (χ2n) is 4.05. The second-order valence-corrected chi connectivity index (χ2v) is 4.85. The van der Waals surface area contributed by atoms with E-state index in [0.29, 0.717) is 0 Å². The molecular formula is C14H21BrO. The fourth-order valence-corrected chi connectivity index (χ4v) is 2.14. The molecular weight excluding hydrogens is 264 g/mol. The predicted octanol–water partition coefficient (Wildman–Crippen LogP) is 4.58.